The molecule has 2 aliphatic rings. The highest BCUT2D eigenvalue weighted by Gasteiger charge is 2.46. The molecule has 1 fully saturated rings. The van der Waals surface area contributed by atoms with Gasteiger partial charge in [-0.05, 0) is 25.2 Å². The van der Waals surface area contributed by atoms with E-state index in [1.54, 1.807) is 6.92 Å². The summed E-state index contributed by atoms with van der Waals surface area (Å²) in [6.07, 6.45) is 6.02. The Morgan fingerprint density at radius 1 is 1.50 bits per heavy atom. The molecule has 0 heterocycles. The summed E-state index contributed by atoms with van der Waals surface area (Å²) in [6, 6.07) is 0. The van der Waals surface area contributed by atoms with Crippen LogP contribution in [0, 0.1) is 23.7 Å². The minimum Gasteiger partial charge on any atom is -0.303 e. The molecule has 0 spiro atoms. The number of fused-ring (bicyclic) bond motifs is 2. The number of hydrogen-bond donors (Lipinski definition) is 0. The largest absolute Gasteiger partial charge is 0.303 e. The molecule has 2 aliphatic carbocycles. The van der Waals surface area contributed by atoms with Crippen LogP contribution in [-0.2, 0) is 9.59 Å². The Hall–Kier alpha value is -0.920. The molecule has 0 amide bonds. The van der Waals surface area contributed by atoms with Crippen LogP contribution in [0.25, 0.3) is 0 Å². The Labute approximate surface area is 71.6 Å². The van der Waals surface area contributed by atoms with E-state index in [0.29, 0.717) is 5.92 Å². The first-order valence-electron chi connectivity index (χ1n) is 4.38. The second-order valence-corrected chi connectivity index (χ2v) is 3.80. The van der Waals surface area contributed by atoms with E-state index in [4.69, 9.17) is 0 Å². The topological polar surface area (TPSA) is 34.1 Å². The number of ketones is 1. The van der Waals surface area contributed by atoms with Gasteiger partial charge in [0.15, 0.2) is 0 Å². The van der Waals surface area contributed by atoms with Gasteiger partial charge in [-0.3, -0.25) is 4.79 Å². The lowest BCUT2D eigenvalue weighted by Crippen LogP contribution is -2.18. The number of carbonyl (C=O) groups is 2. The Balaban J connectivity index is 2.24. The maximum absolute atomic E-state index is 11.2. The number of hydrogen-bond acceptors (Lipinski definition) is 2. The summed E-state index contributed by atoms with van der Waals surface area (Å²) in [7, 11) is 0. The van der Waals surface area contributed by atoms with Gasteiger partial charge in [0, 0.05) is 11.8 Å². The molecule has 1 saturated carbocycles. The smallest absolute Gasteiger partial charge is 0.134 e. The summed E-state index contributed by atoms with van der Waals surface area (Å²) >= 11 is 0. The van der Waals surface area contributed by atoms with Crippen LogP contribution in [-0.4, -0.2) is 12.1 Å². The summed E-state index contributed by atoms with van der Waals surface area (Å²) in [6.45, 7) is 1.63. The highest BCUT2D eigenvalue weighted by Crippen LogP contribution is 2.47. The van der Waals surface area contributed by atoms with Crippen molar-refractivity contribution in [3.63, 3.8) is 0 Å². The molecular weight excluding hydrogens is 152 g/mol. The Bertz CT molecular complexity index is 255. The van der Waals surface area contributed by atoms with E-state index >= 15 is 0 Å². The normalized spacial score (nSPS) is 43.4. The molecular formula is C10H12O2. The van der Waals surface area contributed by atoms with Crippen LogP contribution >= 0.6 is 0 Å². The van der Waals surface area contributed by atoms with Crippen LogP contribution in [0.1, 0.15) is 13.3 Å². The van der Waals surface area contributed by atoms with Crippen molar-refractivity contribution >= 4 is 12.1 Å². The molecule has 2 heteroatoms. The molecule has 2 bridgehead atoms. The minimum atomic E-state index is 0.105. The lowest BCUT2D eigenvalue weighted by molar-refractivity contribution is -0.122. The third kappa shape index (κ3) is 0.872. The monoisotopic (exact) mass is 164 g/mol. The number of carbonyl (C=O) groups excluding carboxylic acids is 2. The van der Waals surface area contributed by atoms with E-state index in [1.165, 1.54) is 0 Å². The van der Waals surface area contributed by atoms with E-state index in [0.717, 1.165) is 12.7 Å². The summed E-state index contributed by atoms with van der Waals surface area (Å²) in [5.74, 6) is 1.01. The molecule has 0 aromatic heterocycles. The third-order valence-electron chi connectivity index (χ3n) is 3.14. The summed E-state index contributed by atoms with van der Waals surface area (Å²) < 4.78 is 0. The van der Waals surface area contributed by atoms with E-state index in [-0.39, 0.29) is 23.5 Å². The van der Waals surface area contributed by atoms with Crippen LogP contribution < -0.4 is 0 Å². The zero-order valence-electron chi connectivity index (χ0n) is 7.07. The van der Waals surface area contributed by atoms with Crippen molar-refractivity contribution in [3.8, 4) is 0 Å². The number of rotatable bonds is 2. The zero-order chi connectivity index (χ0) is 8.72. The fourth-order valence-electron chi connectivity index (χ4n) is 2.62. The van der Waals surface area contributed by atoms with Gasteiger partial charge < -0.3 is 4.79 Å². The first-order valence-corrected chi connectivity index (χ1v) is 4.38. The van der Waals surface area contributed by atoms with Crippen molar-refractivity contribution in [1.82, 2.24) is 0 Å². The summed E-state index contributed by atoms with van der Waals surface area (Å²) in [5, 5.41) is 0. The molecule has 2 rings (SSSR count). The Kier molecular flexibility index (Phi) is 1.63. The molecule has 12 heavy (non-hydrogen) atoms. The molecule has 0 radical (unpaired) electrons. The maximum atomic E-state index is 11.2. The Morgan fingerprint density at radius 2 is 2.25 bits per heavy atom. The predicted octanol–water partition coefficient (Wildman–Crippen LogP) is 1.21. The maximum Gasteiger partial charge on any atom is 0.134 e. The zero-order valence-corrected chi connectivity index (χ0v) is 7.07. The van der Waals surface area contributed by atoms with E-state index < -0.39 is 0 Å². The third-order valence-corrected chi connectivity index (χ3v) is 3.14. The molecule has 2 nitrogen and oxygen atoms in total. The van der Waals surface area contributed by atoms with Gasteiger partial charge in [0.2, 0.25) is 0 Å². The molecule has 0 saturated heterocycles. The van der Waals surface area contributed by atoms with Gasteiger partial charge >= 0.3 is 0 Å². The van der Waals surface area contributed by atoms with Crippen molar-refractivity contribution in [2.24, 2.45) is 23.7 Å². The molecule has 64 valence electrons. The van der Waals surface area contributed by atoms with Gasteiger partial charge in [-0.2, -0.15) is 0 Å². The van der Waals surface area contributed by atoms with Crippen LogP contribution in [0.2, 0.25) is 0 Å². The van der Waals surface area contributed by atoms with Crippen LogP contribution in [0.4, 0.5) is 0 Å². The average Bonchev–Trinajstić information content (AvgIpc) is 2.59. The second-order valence-electron chi connectivity index (χ2n) is 3.80. The van der Waals surface area contributed by atoms with E-state index in [1.807, 2.05) is 6.08 Å². The lowest BCUT2D eigenvalue weighted by Gasteiger charge is -2.12. The number of allylic oxidation sites excluding steroid dienone is 2. The summed E-state index contributed by atoms with van der Waals surface area (Å²) in [5.41, 5.74) is 0. The fraction of sp³-hybridized carbons (Fsp3) is 0.600. The second kappa shape index (κ2) is 2.54. The van der Waals surface area contributed by atoms with Gasteiger partial charge in [0.25, 0.3) is 0 Å². The first-order chi connectivity index (χ1) is 5.74. The van der Waals surface area contributed by atoms with Crippen molar-refractivity contribution in [2.75, 3.05) is 0 Å². The van der Waals surface area contributed by atoms with Crippen LogP contribution in [0.3, 0.4) is 0 Å². The standard InChI is InChI=1S/C10H12O2/c1-6(12)10-7-2-3-9(10)8(4-7)5-11/h2-3,5,7-10H,4H2,1H3/t7-,8-,9+,10-/m1/s1. The van der Waals surface area contributed by atoms with Crippen molar-refractivity contribution in [1.29, 1.82) is 0 Å². The Morgan fingerprint density at radius 3 is 2.67 bits per heavy atom. The van der Waals surface area contributed by atoms with E-state index in [9.17, 15) is 9.59 Å². The van der Waals surface area contributed by atoms with Crippen molar-refractivity contribution in [3.05, 3.63) is 12.2 Å². The quantitative estimate of drug-likeness (QED) is 0.454. The highest BCUT2D eigenvalue weighted by molar-refractivity contribution is 5.81. The van der Waals surface area contributed by atoms with Crippen LogP contribution in [0.15, 0.2) is 12.2 Å². The lowest BCUT2D eigenvalue weighted by atomic mass is 9.90. The van der Waals surface area contributed by atoms with E-state index in [2.05, 4.69) is 6.08 Å². The van der Waals surface area contributed by atoms with Gasteiger partial charge in [-0.25, -0.2) is 0 Å². The molecule has 0 aliphatic heterocycles. The van der Waals surface area contributed by atoms with Gasteiger partial charge in [-0.15, -0.1) is 0 Å². The SMILES string of the molecule is CC(=O)[C@H]1[C@H]2C=C[C@@H]1C[C@@H]2C=O. The van der Waals surface area contributed by atoms with Crippen LogP contribution in [0.5, 0.6) is 0 Å². The highest BCUT2D eigenvalue weighted by atomic mass is 16.1. The number of aldehydes is 1. The van der Waals surface area contributed by atoms with Gasteiger partial charge in [0.05, 0.1) is 0 Å². The molecule has 0 N–H and O–H groups in total. The molecule has 0 aromatic carbocycles. The van der Waals surface area contributed by atoms with Gasteiger partial charge in [0.1, 0.15) is 12.1 Å². The molecule has 0 aromatic rings. The minimum absolute atomic E-state index is 0.105. The molecule has 0 unspecified atom stereocenters. The first kappa shape index (κ1) is 7.71. The molecule has 4 atom stereocenters. The summed E-state index contributed by atoms with van der Waals surface area (Å²) in [4.78, 5) is 21.8. The van der Waals surface area contributed by atoms with Crippen molar-refractivity contribution in [2.45, 2.75) is 13.3 Å². The fourth-order valence-corrected chi connectivity index (χ4v) is 2.62. The van der Waals surface area contributed by atoms with Crippen molar-refractivity contribution < 1.29 is 9.59 Å². The average molecular weight is 164 g/mol. The number of Topliss-reactive ketones (excluding diaryl/α,β-unsaturated/α-hetero) is 1. The van der Waals surface area contributed by atoms with Gasteiger partial charge in [-0.1, -0.05) is 12.2 Å². The predicted molar refractivity (Wildman–Crippen MR) is 44.5 cm³/mol.